The fraction of sp³-hybridized carbons (Fsp3) is 0.161. The Morgan fingerprint density at radius 2 is 1.37 bits per heavy atom. The second-order valence-corrected chi connectivity index (χ2v) is 8.55. The summed E-state index contributed by atoms with van der Waals surface area (Å²) in [6, 6.07) is 27.5. The molecular formula is C31H26F2O2. The Labute approximate surface area is 205 Å². The first-order chi connectivity index (χ1) is 17.0. The molecule has 0 fully saturated rings. The predicted octanol–water partition coefficient (Wildman–Crippen LogP) is 8.46. The molecular weight excluding hydrogens is 442 g/mol. The van der Waals surface area contributed by atoms with E-state index in [1.807, 2.05) is 55.5 Å². The van der Waals surface area contributed by atoms with Crippen LogP contribution in [0.2, 0.25) is 0 Å². The van der Waals surface area contributed by atoms with Crippen LogP contribution in [0.4, 0.5) is 8.78 Å². The van der Waals surface area contributed by atoms with Gasteiger partial charge in [-0.05, 0) is 91.9 Å². The molecule has 0 bridgehead atoms. The molecule has 0 N–H and O–H groups in total. The summed E-state index contributed by atoms with van der Waals surface area (Å²) in [6.07, 6.45) is 8.08. The lowest BCUT2D eigenvalue weighted by Gasteiger charge is -2.24. The first-order valence-electron chi connectivity index (χ1n) is 11.5. The number of halogens is 2. The Balaban J connectivity index is 1.57. The molecule has 1 atom stereocenters. The summed E-state index contributed by atoms with van der Waals surface area (Å²) in [5.41, 5.74) is 1.36. The summed E-state index contributed by atoms with van der Waals surface area (Å²) >= 11 is 0. The zero-order valence-corrected chi connectivity index (χ0v) is 19.5. The van der Waals surface area contributed by atoms with Crippen molar-refractivity contribution in [2.24, 2.45) is 0 Å². The minimum Gasteiger partial charge on any atom is -0.453 e. The molecule has 4 aromatic rings. The molecule has 0 saturated carbocycles. The molecule has 2 nitrogen and oxygen atoms in total. The molecule has 4 heteroatoms. The molecule has 0 aliphatic rings. The lowest BCUT2D eigenvalue weighted by Crippen LogP contribution is -2.19. The van der Waals surface area contributed by atoms with Gasteiger partial charge >= 0.3 is 0 Å². The van der Waals surface area contributed by atoms with E-state index in [0.29, 0.717) is 35.8 Å². The molecule has 0 spiro atoms. The minimum atomic E-state index is -0.517. The Kier molecular flexibility index (Phi) is 7.48. The van der Waals surface area contributed by atoms with E-state index >= 15 is 0 Å². The molecule has 35 heavy (non-hydrogen) atoms. The van der Waals surface area contributed by atoms with Crippen LogP contribution in [0.5, 0.6) is 23.0 Å². The van der Waals surface area contributed by atoms with Crippen LogP contribution in [0.1, 0.15) is 30.9 Å². The van der Waals surface area contributed by atoms with Crippen molar-refractivity contribution in [2.75, 3.05) is 0 Å². The molecule has 176 valence electrons. The largest absolute Gasteiger partial charge is 0.453 e. The highest BCUT2D eigenvalue weighted by molar-refractivity contribution is 5.51. The zero-order valence-electron chi connectivity index (χ0n) is 19.5. The monoisotopic (exact) mass is 468 g/mol. The summed E-state index contributed by atoms with van der Waals surface area (Å²) in [5, 5.41) is 0. The minimum absolute atomic E-state index is 0.284. The van der Waals surface area contributed by atoms with E-state index in [-0.39, 0.29) is 11.6 Å². The van der Waals surface area contributed by atoms with Gasteiger partial charge in [-0.25, -0.2) is 8.78 Å². The van der Waals surface area contributed by atoms with Crippen molar-refractivity contribution in [3.8, 4) is 35.3 Å². The normalized spacial score (nSPS) is 12.4. The Morgan fingerprint density at radius 3 is 2.03 bits per heavy atom. The van der Waals surface area contributed by atoms with Crippen LogP contribution in [0.15, 0.2) is 97.1 Å². The number of para-hydroxylation sites is 2. The summed E-state index contributed by atoms with van der Waals surface area (Å²) in [7, 11) is 0. The van der Waals surface area contributed by atoms with Gasteiger partial charge < -0.3 is 9.47 Å². The van der Waals surface area contributed by atoms with Crippen LogP contribution in [0.25, 0.3) is 0 Å². The quantitative estimate of drug-likeness (QED) is 0.229. The van der Waals surface area contributed by atoms with E-state index in [9.17, 15) is 8.78 Å². The smallest absolute Gasteiger partial charge is 0.173 e. The third-order valence-corrected chi connectivity index (χ3v) is 5.99. The molecule has 4 rings (SSSR count). The number of hydrogen-bond donors (Lipinski definition) is 0. The van der Waals surface area contributed by atoms with E-state index in [2.05, 4.69) is 5.92 Å². The second-order valence-electron chi connectivity index (χ2n) is 8.55. The third kappa shape index (κ3) is 6.07. The number of hydrogen-bond acceptors (Lipinski definition) is 2. The number of benzene rings is 4. The molecule has 0 amide bonds. The van der Waals surface area contributed by atoms with Gasteiger partial charge in [0.1, 0.15) is 23.1 Å². The maximum atomic E-state index is 13.4. The fourth-order valence-electron chi connectivity index (χ4n) is 3.94. The summed E-state index contributed by atoms with van der Waals surface area (Å²) in [6.45, 7) is 2.00. The van der Waals surface area contributed by atoms with E-state index in [1.54, 1.807) is 24.3 Å². The van der Waals surface area contributed by atoms with E-state index < -0.39 is 5.41 Å². The highest BCUT2D eigenvalue weighted by Gasteiger charge is 2.24. The van der Waals surface area contributed by atoms with Crippen LogP contribution < -0.4 is 9.47 Å². The molecule has 0 saturated heterocycles. The molecule has 1 unspecified atom stereocenters. The van der Waals surface area contributed by atoms with E-state index in [4.69, 9.17) is 15.9 Å². The van der Waals surface area contributed by atoms with Gasteiger partial charge in [-0.3, -0.25) is 0 Å². The Morgan fingerprint density at radius 1 is 0.743 bits per heavy atom. The average molecular weight is 469 g/mol. The van der Waals surface area contributed by atoms with Crippen molar-refractivity contribution in [3.63, 3.8) is 0 Å². The van der Waals surface area contributed by atoms with Crippen molar-refractivity contribution in [2.45, 2.75) is 31.6 Å². The standard InChI is InChI=1S/C31H26F2O2/c1-3-31(2,24-14-16-25(32)17-15-24)22-8-10-23-9-7-13-29(34-28-20-18-26(33)19-21-28)30(23)35-27-11-5-4-6-12-27/h1,4-7,9,11-21H,8,10,22H2,2H3. The van der Waals surface area contributed by atoms with E-state index in [0.717, 1.165) is 17.5 Å². The van der Waals surface area contributed by atoms with Gasteiger partial charge in [-0.2, -0.15) is 0 Å². The maximum Gasteiger partial charge on any atom is 0.173 e. The van der Waals surface area contributed by atoms with Crippen LogP contribution in [0.3, 0.4) is 0 Å². The maximum absolute atomic E-state index is 13.4. The summed E-state index contributed by atoms with van der Waals surface area (Å²) < 4.78 is 39.1. The van der Waals surface area contributed by atoms with Crippen molar-refractivity contribution < 1.29 is 18.3 Å². The molecule has 0 radical (unpaired) electrons. The van der Waals surface area contributed by atoms with Crippen molar-refractivity contribution in [3.05, 3.63) is 120 Å². The number of ether oxygens (including phenoxy) is 2. The molecule has 0 aliphatic carbocycles. The first-order valence-corrected chi connectivity index (χ1v) is 11.5. The average Bonchev–Trinajstić information content (AvgIpc) is 2.88. The lowest BCUT2D eigenvalue weighted by molar-refractivity contribution is 0.412. The molecule has 0 aromatic heterocycles. The SMILES string of the molecule is C#CC(C)(CCCc1cccc(Oc2ccc(F)cc2)c1Oc1ccccc1)c1ccc(F)cc1. The topological polar surface area (TPSA) is 18.5 Å². The fourth-order valence-corrected chi connectivity index (χ4v) is 3.94. The highest BCUT2D eigenvalue weighted by atomic mass is 19.1. The molecule has 0 heterocycles. The van der Waals surface area contributed by atoms with Gasteiger partial charge in [0, 0.05) is 0 Å². The predicted molar refractivity (Wildman–Crippen MR) is 135 cm³/mol. The third-order valence-electron chi connectivity index (χ3n) is 5.99. The Bertz CT molecular complexity index is 1290. The van der Waals surface area contributed by atoms with Crippen molar-refractivity contribution in [1.82, 2.24) is 0 Å². The van der Waals surface area contributed by atoms with Crippen molar-refractivity contribution in [1.29, 1.82) is 0 Å². The van der Waals surface area contributed by atoms with Crippen LogP contribution >= 0.6 is 0 Å². The van der Waals surface area contributed by atoms with Gasteiger partial charge in [-0.1, -0.05) is 48.4 Å². The zero-order chi connectivity index (χ0) is 24.7. The van der Waals surface area contributed by atoms with Gasteiger partial charge in [-0.15, -0.1) is 6.42 Å². The highest BCUT2D eigenvalue weighted by Crippen LogP contribution is 2.39. The molecule has 0 aliphatic heterocycles. The van der Waals surface area contributed by atoms with Gasteiger partial charge in [0.25, 0.3) is 0 Å². The van der Waals surface area contributed by atoms with Crippen LogP contribution in [0, 0.1) is 24.0 Å². The number of rotatable bonds is 9. The number of terminal acetylenes is 1. The summed E-state index contributed by atoms with van der Waals surface area (Å²) in [5.74, 6) is 4.62. The van der Waals surface area contributed by atoms with Gasteiger partial charge in [0.05, 0.1) is 5.41 Å². The summed E-state index contributed by atoms with van der Waals surface area (Å²) in [4.78, 5) is 0. The first kappa shape index (κ1) is 24.0. The van der Waals surface area contributed by atoms with Crippen molar-refractivity contribution >= 4 is 0 Å². The van der Waals surface area contributed by atoms with Gasteiger partial charge in [0.15, 0.2) is 11.5 Å². The number of aryl methyl sites for hydroxylation is 1. The molecule has 4 aromatic carbocycles. The van der Waals surface area contributed by atoms with Crippen LogP contribution in [-0.2, 0) is 11.8 Å². The second kappa shape index (κ2) is 10.9. The van der Waals surface area contributed by atoms with Gasteiger partial charge in [0.2, 0.25) is 0 Å². The van der Waals surface area contributed by atoms with E-state index in [1.165, 1.54) is 24.3 Å². The lowest BCUT2D eigenvalue weighted by atomic mass is 9.78. The van der Waals surface area contributed by atoms with Crippen LogP contribution in [-0.4, -0.2) is 0 Å². The Hall–Kier alpha value is -4.10.